The smallest absolute Gasteiger partial charge is 0.124 e. The highest BCUT2D eigenvalue weighted by molar-refractivity contribution is 5.35. The fourth-order valence-electron chi connectivity index (χ4n) is 2.86. The molecule has 2 aromatic heterocycles. The standard InChI is InChI=1S/C15H22N4O/c1-10-6-14(12(3)20-10)11(2)16-7-13-8-17-15-4-5-18-19(15)9-13/h4-6,11,13,16-17H,7-9H2,1-3H3/t11-,13+/m1/s1. The van der Waals surface area contributed by atoms with E-state index in [0.717, 1.165) is 37.0 Å². The van der Waals surface area contributed by atoms with Crippen molar-refractivity contribution in [2.45, 2.75) is 33.4 Å². The second-order valence-electron chi connectivity index (χ2n) is 5.64. The number of nitrogens with zero attached hydrogens (tertiary/aromatic N) is 2. The monoisotopic (exact) mass is 274 g/mol. The highest BCUT2D eigenvalue weighted by Crippen LogP contribution is 2.22. The van der Waals surface area contributed by atoms with E-state index in [0.29, 0.717) is 12.0 Å². The molecule has 0 saturated heterocycles. The molecule has 0 aliphatic carbocycles. The molecule has 0 spiro atoms. The molecule has 0 bridgehead atoms. The Bertz CT molecular complexity index is 586. The number of hydrogen-bond acceptors (Lipinski definition) is 4. The minimum absolute atomic E-state index is 0.312. The first-order valence-corrected chi connectivity index (χ1v) is 7.19. The molecule has 5 heteroatoms. The molecule has 3 heterocycles. The number of aryl methyl sites for hydroxylation is 2. The van der Waals surface area contributed by atoms with Gasteiger partial charge in [-0.2, -0.15) is 5.10 Å². The fourth-order valence-corrected chi connectivity index (χ4v) is 2.86. The molecule has 2 aromatic rings. The van der Waals surface area contributed by atoms with Gasteiger partial charge in [0.25, 0.3) is 0 Å². The molecule has 0 fully saturated rings. The molecular formula is C15H22N4O. The van der Waals surface area contributed by atoms with Gasteiger partial charge in [-0.1, -0.05) is 0 Å². The molecule has 0 unspecified atom stereocenters. The summed E-state index contributed by atoms with van der Waals surface area (Å²) in [4.78, 5) is 0. The highest BCUT2D eigenvalue weighted by Gasteiger charge is 2.19. The number of aromatic nitrogens is 2. The van der Waals surface area contributed by atoms with Gasteiger partial charge >= 0.3 is 0 Å². The van der Waals surface area contributed by atoms with Crippen molar-refractivity contribution >= 4 is 5.82 Å². The highest BCUT2D eigenvalue weighted by atomic mass is 16.3. The fraction of sp³-hybridized carbons (Fsp3) is 0.533. The lowest BCUT2D eigenvalue weighted by Crippen LogP contribution is -2.36. The summed E-state index contributed by atoms with van der Waals surface area (Å²) in [6.07, 6.45) is 1.85. The van der Waals surface area contributed by atoms with Crippen molar-refractivity contribution in [2.24, 2.45) is 5.92 Å². The van der Waals surface area contributed by atoms with E-state index >= 15 is 0 Å². The molecule has 5 nitrogen and oxygen atoms in total. The molecule has 0 amide bonds. The molecule has 0 saturated carbocycles. The summed E-state index contributed by atoms with van der Waals surface area (Å²) >= 11 is 0. The van der Waals surface area contributed by atoms with E-state index in [2.05, 4.69) is 28.7 Å². The van der Waals surface area contributed by atoms with Crippen molar-refractivity contribution in [3.63, 3.8) is 0 Å². The van der Waals surface area contributed by atoms with Gasteiger partial charge in [0.1, 0.15) is 17.3 Å². The van der Waals surface area contributed by atoms with Crippen LogP contribution in [0.4, 0.5) is 5.82 Å². The minimum atomic E-state index is 0.312. The van der Waals surface area contributed by atoms with Crippen LogP contribution in [0.15, 0.2) is 22.7 Å². The Morgan fingerprint density at radius 2 is 2.40 bits per heavy atom. The molecule has 108 valence electrons. The van der Waals surface area contributed by atoms with Crippen LogP contribution in [0.25, 0.3) is 0 Å². The van der Waals surface area contributed by atoms with Crippen LogP contribution in [0.5, 0.6) is 0 Å². The first-order valence-electron chi connectivity index (χ1n) is 7.19. The minimum Gasteiger partial charge on any atom is -0.466 e. The van der Waals surface area contributed by atoms with Crippen molar-refractivity contribution in [3.05, 3.63) is 35.4 Å². The van der Waals surface area contributed by atoms with Gasteiger partial charge in [-0.05, 0) is 26.8 Å². The van der Waals surface area contributed by atoms with Crippen LogP contribution < -0.4 is 10.6 Å². The van der Waals surface area contributed by atoms with Crippen molar-refractivity contribution in [3.8, 4) is 0 Å². The van der Waals surface area contributed by atoms with Crippen molar-refractivity contribution in [1.82, 2.24) is 15.1 Å². The number of fused-ring (bicyclic) bond motifs is 1. The molecule has 20 heavy (non-hydrogen) atoms. The molecule has 2 atom stereocenters. The average Bonchev–Trinajstić information content (AvgIpc) is 3.01. The van der Waals surface area contributed by atoms with Gasteiger partial charge in [0.2, 0.25) is 0 Å². The summed E-state index contributed by atoms with van der Waals surface area (Å²) in [5.41, 5.74) is 1.26. The van der Waals surface area contributed by atoms with Crippen molar-refractivity contribution in [1.29, 1.82) is 0 Å². The average molecular weight is 274 g/mol. The maximum atomic E-state index is 5.60. The zero-order valence-electron chi connectivity index (χ0n) is 12.3. The molecule has 0 aromatic carbocycles. The lowest BCUT2D eigenvalue weighted by atomic mass is 10.1. The van der Waals surface area contributed by atoms with E-state index < -0.39 is 0 Å². The molecule has 2 N–H and O–H groups in total. The van der Waals surface area contributed by atoms with Crippen LogP contribution in [0.3, 0.4) is 0 Å². The van der Waals surface area contributed by atoms with Crippen molar-refractivity contribution < 1.29 is 4.42 Å². The lowest BCUT2D eigenvalue weighted by Gasteiger charge is -2.26. The molecule has 1 aliphatic heterocycles. The number of furan rings is 1. The maximum absolute atomic E-state index is 5.60. The van der Waals surface area contributed by atoms with Gasteiger partial charge in [-0.15, -0.1) is 0 Å². The van der Waals surface area contributed by atoms with Crippen LogP contribution in [-0.2, 0) is 6.54 Å². The van der Waals surface area contributed by atoms with Crippen LogP contribution in [0.2, 0.25) is 0 Å². The van der Waals surface area contributed by atoms with Gasteiger partial charge in [0, 0.05) is 43.2 Å². The largest absolute Gasteiger partial charge is 0.466 e. The molecular weight excluding hydrogens is 252 g/mol. The Labute approximate surface area is 119 Å². The summed E-state index contributed by atoms with van der Waals surface area (Å²) < 4.78 is 7.63. The summed E-state index contributed by atoms with van der Waals surface area (Å²) in [6.45, 7) is 9.14. The Kier molecular flexibility index (Phi) is 3.53. The predicted molar refractivity (Wildman–Crippen MR) is 78.8 cm³/mol. The Hall–Kier alpha value is -1.75. The third kappa shape index (κ3) is 2.58. The Balaban J connectivity index is 1.56. The van der Waals surface area contributed by atoms with Gasteiger partial charge in [-0.3, -0.25) is 0 Å². The van der Waals surface area contributed by atoms with Crippen LogP contribution >= 0.6 is 0 Å². The first kappa shape index (κ1) is 13.2. The Morgan fingerprint density at radius 3 is 3.15 bits per heavy atom. The number of rotatable bonds is 4. The second kappa shape index (κ2) is 5.32. The third-order valence-corrected chi connectivity index (χ3v) is 3.98. The molecule has 0 radical (unpaired) electrons. The third-order valence-electron chi connectivity index (χ3n) is 3.98. The predicted octanol–water partition coefficient (Wildman–Crippen LogP) is 2.49. The van der Waals surface area contributed by atoms with Gasteiger partial charge in [0.05, 0.1) is 6.20 Å². The van der Waals surface area contributed by atoms with Gasteiger partial charge in [0.15, 0.2) is 0 Å². The maximum Gasteiger partial charge on any atom is 0.124 e. The molecule has 1 aliphatic rings. The zero-order valence-corrected chi connectivity index (χ0v) is 12.3. The topological polar surface area (TPSA) is 55.0 Å². The quantitative estimate of drug-likeness (QED) is 0.899. The van der Waals surface area contributed by atoms with Crippen LogP contribution in [0.1, 0.15) is 30.0 Å². The SMILES string of the molecule is Cc1cc([C@@H](C)NC[C@H]2CNc3ccnn3C2)c(C)o1. The second-order valence-corrected chi connectivity index (χ2v) is 5.64. The van der Waals surface area contributed by atoms with Gasteiger partial charge in [-0.25, -0.2) is 4.68 Å². The number of nitrogens with one attached hydrogen (secondary N) is 2. The van der Waals surface area contributed by atoms with Gasteiger partial charge < -0.3 is 15.1 Å². The summed E-state index contributed by atoms with van der Waals surface area (Å²) in [5.74, 6) is 3.67. The first-order chi connectivity index (χ1) is 9.63. The zero-order chi connectivity index (χ0) is 14.1. The van der Waals surface area contributed by atoms with Crippen LogP contribution in [-0.4, -0.2) is 22.9 Å². The number of anilines is 1. The lowest BCUT2D eigenvalue weighted by molar-refractivity contribution is 0.375. The summed E-state index contributed by atoms with van der Waals surface area (Å²) in [6, 6.07) is 4.45. The van der Waals surface area contributed by atoms with E-state index in [4.69, 9.17) is 4.42 Å². The van der Waals surface area contributed by atoms with E-state index in [1.165, 1.54) is 5.56 Å². The summed E-state index contributed by atoms with van der Waals surface area (Å²) in [5, 5.41) is 11.3. The molecule has 3 rings (SSSR count). The Morgan fingerprint density at radius 1 is 1.55 bits per heavy atom. The van der Waals surface area contributed by atoms with Crippen LogP contribution in [0, 0.1) is 19.8 Å². The van der Waals surface area contributed by atoms with Crippen molar-refractivity contribution in [2.75, 3.05) is 18.4 Å². The summed E-state index contributed by atoms with van der Waals surface area (Å²) in [7, 11) is 0. The number of hydrogen-bond donors (Lipinski definition) is 2. The van der Waals surface area contributed by atoms with E-state index in [-0.39, 0.29) is 0 Å². The normalized spacial score (nSPS) is 19.4. The van der Waals surface area contributed by atoms with E-state index in [1.54, 1.807) is 0 Å². The van der Waals surface area contributed by atoms with E-state index in [1.807, 2.05) is 30.8 Å². The van der Waals surface area contributed by atoms with E-state index in [9.17, 15) is 0 Å².